The number of carboxylic acids is 1. The van der Waals surface area contributed by atoms with Crippen molar-refractivity contribution in [2.45, 2.75) is 25.7 Å². The van der Waals surface area contributed by atoms with Crippen molar-refractivity contribution in [3.8, 4) is 6.07 Å². The van der Waals surface area contributed by atoms with E-state index in [-0.39, 0.29) is 25.3 Å². The maximum Gasteiger partial charge on any atom is 0.306 e. The van der Waals surface area contributed by atoms with Gasteiger partial charge in [-0.05, 0) is 30.4 Å². The van der Waals surface area contributed by atoms with E-state index in [1.165, 1.54) is 0 Å². The number of aliphatic carboxylic acids is 1. The minimum Gasteiger partial charge on any atom is -0.481 e. The van der Waals surface area contributed by atoms with Crippen molar-refractivity contribution < 1.29 is 14.7 Å². The topological polar surface area (TPSA) is 90.2 Å². The average Bonchev–Trinajstić information content (AvgIpc) is 2.68. The molecule has 2 rings (SSSR count). The molecule has 5 nitrogen and oxygen atoms in total. The second-order valence-electron chi connectivity index (χ2n) is 6.55. The van der Waals surface area contributed by atoms with Gasteiger partial charge in [0, 0.05) is 12.5 Å². The van der Waals surface area contributed by atoms with Gasteiger partial charge in [-0.25, -0.2) is 0 Å². The zero-order valence-corrected chi connectivity index (χ0v) is 15.2. The highest BCUT2D eigenvalue weighted by Gasteiger charge is 2.27. The summed E-state index contributed by atoms with van der Waals surface area (Å²) in [6.07, 6.45) is 1.33. The van der Waals surface area contributed by atoms with Crippen LogP contribution in [0.5, 0.6) is 0 Å². The lowest BCUT2D eigenvalue weighted by Crippen LogP contribution is -2.35. The molecule has 0 saturated heterocycles. The molecule has 2 aromatic carbocycles. The van der Waals surface area contributed by atoms with Gasteiger partial charge in [-0.1, -0.05) is 60.7 Å². The SMILES string of the molecule is N#CCCNC(=O)C(Cc1ccccc1)CC(Cc1ccccc1)C(=O)O. The fourth-order valence-corrected chi connectivity index (χ4v) is 3.08. The maximum atomic E-state index is 12.6. The van der Waals surface area contributed by atoms with Gasteiger partial charge in [-0.3, -0.25) is 9.59 Å². The summed E-state index contributed by atoms with van der Waals surface area (Å²) in [6, 6.07) is 21.0. The number of nitrogens with zero attached hydrogens (tertiary/aromatic N) is 1. The minimum absolute atomic E-state index is 0.201. The molecule has 0 saturated carbocycles. The molecule has 0 fully saturated rings. The Kier molecular flexibility index (Phi) is 8.05. The highest BCUT2D eigenvalue weighted by atomic mass is 16.4. The molecule has 0 radical (unpaired) electrons. The van der Waals surface area contributed by atoms with E-state index in [1.807, 2.05) is 66.7 Å². The van der Waals surface area contributed by atoms with Crippen molar-refractivity contribution in [1.29, 1.82) is 5.26 Å². The third-order valence-corrected chi connectivity index (χ3v) is 4.47. The van der Waals surface area contributed by atoms with E-state index in [0.29, 0.717) is 12.8 Å². The Labute approximate surface area is 159 Å². The Morgan fingerprint density at radius 2 is 1.44 bits per heavy atom. The van der Waals surface area contributed by atoms with Crippen molar-refractivity contribution in [3.63, 3.8) is 0 Å². The van der Waals surface area contributed by atoms with Crippen LogP contribution in [0.3, 0.4) is 0 Å². The molecule has 0 aliphatic rings. The number of carbonyl (C=O) groups excluding carboxylic acids is 1. The predicted octanol–water partition coefficient (Wildman–Crippen LogP) is 3.21. The van der Waals surface area contributed by atoms with Gasteiger partial charge in [0.05, 0.1) is 18.4 Å². The number of nitrogens with one attached hydrogen (secondary N) is 1. The molecule has 140 valence electrons. The third-order valence-electron chi connectivity index (χ3n) is 4.47. The molecule has 0 heterocycles. The zero-order valence-electron chi connectivity index (χ0n) is 15.2. The number of hydrogen-bond donors (Lipinski definition) is 2. The number of amides is 1. The van der Waals surface area contributed by atoms with E-state index in [4.69, 9.17) is 5.26 Å². The molecular weight excluding hydrogens is 340 g/mol. The van der Waals surface area contributed by atoms with Crippen LogP contribution in [0.25, 0.3) is 0 Å². The molecule has 2 unspecified atom stereocenters. The molecule has 27 heavy (non-hydrogen) atoms. The van der Waals surface area contributed by atoms with Crippen molar-refractivity contribution in [2.75, 3.05) is 6.54 Å². The van der Waals surface area contributed by atoms with Gasteiger partial charge in [-0.15, -0.1) is 0 Å². The Morgan fingerprint density at radius 1 is 0.926 bits per heavy atom. The van der Waals surface area contributed by atoms with Gasteiger partial charge in [0.15, 0.2) is 0 Å². The fraction of sp³-hybridized carbons (Fsp3) is 0.318. The van der Waals surface area contributed by atoms with Gasteiger partial charge in [0.25, 0.3) is 0 Å². The third kappa shape index (κ3) is 6.95. The Hall–Kier alpha value is -3.13. The fourth-order valence-electron chi connectivity index (χ4n) is 3.08. The highest BCUT2D eigenvalue weighted by Crippen LogP contribution is 2.22. The van der Waals surface area contributed by atoms with E-state index in [9.17, 15) is 14.7 Å². The summed E-state index contributed by atoms with van der Waals surface area (Å²) in [5.41, 5.74) is 1.93. The molecule has 5 heteroatoms. The summed E-state index contributed by atoms with van der Waals surface area (Å²) < 4.78 is 0. The van der Waals surface area contributed by atoms with Crippen molar-refractivity contribution in [3.05, 3.63) is 71.8 Å². The van der Waals surface area contributed by atoms with Gasteiger partial charge in [0.1, 0.15) is 0 Å². The number of hydrogen-bond acceptors (Lipinski definition) is 3. The molecule has 0 aliphatic heterocycles. The van der Waals surface area contributed by atoms with E-state index in [2.05, 4.69) is 5.32 Å². The molecule has 0 bridgehead atoms. The molecule has 0 aromatic heterocycles. The molecule has 0 spiro atoms. The first-order valence-corrected chi connectivity index (χ1v) is 9.05. The van der Waals surface area contributed by atoms with Crippen LogP contribution in [0.15, 0.2) is 60.7 Å². The van der Waals surface area contributed by atoms with Gasteiger partial charge in [0.2, 0.25) is 5.91 Å². The van der Waals surface area contributed by atoms with Crippen molar-refractivity contribution in [2.24, 2.45) is 11.8 Å². The van der Waals surface area contributed by atoms with Crippen LogP contribution in [0.1, 0.15) is 24.0 Å². The normalized spacial score (nSPS) is 12.6. The number of carbonyl (C=O) groups is 2. The Morgan fingerprint density at radius 3 is 1.93 bits per heavy atom. The van der Waals surface area contributed by atoms with E-state index in [1.54, 1.807) is 0 Å². The second-order valence-corrected chi connectivity index (χ2v) is 6.55. The van der Waals surface area contributed by atoms with Crippen LogP contribution >= 0.6 is 0 Å². The number of benzene rings is 2. The smallest absolute Gasteiger partial charge is 0.306 e. The monoisotopic (exact) mass is 364 g/mol. The number of nitriles is 1. The lowest BCUT2D eigenvalue weighted by molar-refractivity contribution is -0.142. The van der Waals surface area contributed by atoms with Crippen LogP contribution < -0.4 is 5.32 Å². The van der Waals surface area contributed by atoms with E-state index in [0.717, 1.165) is 11.1 Å². The zero-order chi connectivity index (χ0) is 19.5. The van der Waals surface area contributed by atoms with Gasteiger partial charge >= 0.3 is 5.97 Å². The summed E-state index contributed by atoms with van der Waals surface area (Å²) in [7, 11) is 0. The van der Waals surface area contributed by atoms with Gasteiger partial charge < -0.3 is 10.4 Å². The molecule has 2 aromatic rings. The Bertz CT molecular complexity index is 769. The van der Waals surface area contributed by atoms with Crippen LogP contribution in [0, 0.1) is 23.2 Å². The predicted molar refractivity (Wildman–Crippen MR) is 103 cm³/mol. The lowest BCUT2D eigenvalue weighted by atomic mass is 9.85. The number of carboxylic acid groups (broad SMARTS) is 1. The maximum absolute atomic E-state index is 12.6. The van der Waals surface area contributed by atoms with Gasteiger partial charge in [-0.2, -0.15) is 5.26 Å². The standard InChI is InChI=1S/C22H24N2O3/c23-12-7-13-24-21(25)19(14-17-8-3-1-4-9-17)16-20(22(26)27)15-18-10-5-2-6-11-18/h1-6,8-11,19-20H,7,13-16H2,(H,24,25)(H,26,27). The largest absolute Gasteiger partial charge is 0.481 e. The second kappa shape index (κ2) is 10.8. The minimum atomic E-state index is -0.901. The molecule has 2 N–H and O–H groups in total. The van der Waals surface area contributed by atoms with Crippen molar-refractivity contribution >= 4 is 11.9 Å². The van der Waals surface area contributed by atoms with E-state index < -0.39 is 17.8 Å². The first-order chi connectivity index (χ1) is 13.1. The summed E-state index contributed by atoms with van der Waals surface area (Å²) >= 11 is 0. The first-order valence-electron chi connectivity index (χ1n) is 9.05. The van der Waals surface area contributed by atoms with Crippen molar-refractivity contribution in [1.82, 2.24) is 5.32 Å². The summed E-state index contributed by atoms with van der Waals surface area (Å²) in [5, 5.41) is 21.1. The summed E-state index contributed by atoms with van der Waals surface area (Å²) in [6.45, 7) is 0.275. The van der Waals surface area contributed by atoms with E-state index >= 15 is 0 Å². The molecule has 0 aliphatic carbocycles. The van der Waals surface area contributed by atoms with Crippen LogP contribution in [-0.4, -0.2) is 23.5 Å². The summed E-state index contributed by atoms with van der Waals surface area (Å²) in [4.78, 5) is 24.4. The van der Waals surface area contributed by atoms with Crippen LogP contribution in [0.4, 0.5) is 0 Å². The quantitative estimate of drug-likeness (QED) is 0.634. The van der Waals surface area contributed by atoms with Crippen LogP contribution in [-0.2, 0) is 22.4 Å². The van der Waals surface area contributed by atoms with Crippen LogP contribution in [0.2, 0.25) is 0 Å². The molecule has 1 amide bonds. The molecular formula is C22H24N2O3. The first kappa shape index (κ1) is 20.2. The Balaban J connectivity index is 2.12. The molecule has 2 atom stereocenters. The lowest BCUT2D eigenvalue weighted by Gasteiger charge is -2.21. The average molecular weight is 364 g/mol. The summed E-state index contributed by atoms with van der Waals surface area (Å²) in [5.74, 6) is -2.21. The highest BCUT2D eigenvalue weighted by molar-refractivity contribution is 5.80. The number of rotatable bonds is 10.